The lowest BCUT2D eigenvalue weighted by Gasteiger charge is -2.59. The number of amides is 1. The number of hydrogen-bond donors (Lipinski definition) is 2. The van der Waals surface area contributed by atoms with Gasteiger partial charge in [-0.15, -0.1) is 18.3 Å². The predicted molar refractivity (Wildman–Crippen MR) is 235 cm³/mol. The molecule has 7 rings (SSSR count). The number of oxime groups is 1. The van der Waals surface area contributed by atoms with E-state index in [1.807, 2.05) is 86.8 Å². The van der Waals surface area contributed by atoms with Crippen LogP contribution in [0.2, 0.25) is 0 Å². The molecule has 9 nitrogen and oxygen atoms in total. The first-order valence-corrected chi connectivity index (χ1v) is 22.2. The van der Waals surface area contributed by atoms with Crippen molar-refractivity contribution in [3.63, 3.8) is 0 Å². The first-order chi connectivity index (χ1) is 28.9. The van der Waals surface area contributed by atoms with Gasteiger partial charge in [-0.1, -0.05) is 78.7 Å². The summed E-state index contributed by atoms with van der Waals surface area (Å²) in [5.41, 5.74) is 3.40. The quantitative estimate of drug-likeness (QED) is 0.0393. The number of aliphatic hydroxyl groups excluding tert-OH is 2. The van der Waals surface area contributed by atoms with Gasteiger partial charge in [-0.2, -0.15) is 0 Å². The van der Waals surface area contributed by atoms with Gasteiger partial charge in [0.05, 0.1) is 24.8 Å². The Balaban J connectivity index is 1.35. The summed E-state index contributed by atoms with van der Waals surface area (Å²) in [7, 11) is 1.84. The van der Waals surface area contributed by atoms with Gasteiger partial charge in [0, 0.05) is 54.4 Å². The van der Waals surface area contributed by atoms with Crippen molar-refractivity contribution >= 4 is 34.2 Å². The van der Waals surface area contributed by atoms with Gasteiger partial charge in [-0.3, -0.25) is 4.79 Å². The zero-order chi connectivity index (χ0) is 41.2. The minimum atomic E-state index is -1.32. The predicted octanol–water partition coefficient (Wildman–Crippen LogP) is 9.44. The normalized spacial score (nSPS) is 23.8. The molecule has 1 saturated carbocycles. The van der Waals surface area contributed by atoms with Crippen molar-refractivity contribution in [3.8, 4) is 11.5 Å². The highest BCUT2D eigenvalue weighted by atomic mass is 32.2. The monoisotopic (exact) mass is 818 g/mol. The van der Waals surface area contributed by atoms with E-state index in [0.717, 1.165) is 64.8 Å². The van der Waals surface area contributed by atoms with Crippen molar-refractivity contribution in [1.82, 2.24) is 4.90 Å². The fourth-order valence-corrected chi connectivity index (χ4v) is 10.2. The van der Waals surface area contributed by atoms with E-state index >= 15 is 0 Å². The Kier molecular flexibility index (Phi) is 14.5. The summed E-state index contributed by atoms with van der Waals surface area (Å²) in [4.78, 5) is 23.6. The Labute approximate surface area is 353 Å². The van der Waals surface area contributed by atoms with E-state index in [-0.39, 0.29) is 49.4 Å². The van der Waals surface area contributed by atoms with Gasteiger partial charge in [-0.05, 0) is 103 Å². The van der Waals surface area contributed by atoms with E-state index in [9.17, 15) is 15.0 Å². The lowest BCUT2D eigenvalue weighted by atomic mass is 9.55. The molecule has 6 atom stereocenters. The molecule has 2 N–H and O–H groups in total. The van der Waals surface area contributed by atoms with E-state index in [1.54, 1.807) is 22.7 Å². The molecule has 1 amide bonds. The lowest BCUT2D eigenvalue weighted by Crippen LogP contribution is -2.69. The minimum Gasteiger partial charge on any atom is -0.493 e. The molecule has 59 heavy (non-hydrogen) atoms. The largest absolute Gasteiger partial charge is 0.493 e. The standard InChI is InChI=1S/C49H58N2O7S/c1-4-27-56-49-45(51(3)48(54)37-22-21-34-15-9-10-16-35(34)30-37)33-43(50-57-5-2)41-31-36(17-11-13-25-52)40(20-12-14-26-53)46(47(41)49)42-32-38(23-24-44(42)58-49)55-28-29-59-39-18-7-6-8-19-39/h4,6-10,15-16,18-19,21-24,30-32,36,40,45-47,52-53H,1,5,11-14,17,20,25-29,33H2,2-3H3. The molecule has 10 heteroatoms. The molecule has 4 aromatic carbocycles. The zero-order valence-electron chi connectivity index (χ0n) is 34.3. The van der Waals surface area contributed by atoms with Crippen LogP contribution in [-0.2, 0) is 9.57 Å². The highest BCUT2D eigenvalue weighted by Crippen LogP contribution is 2.62. The van der Waals surface area contributed by atoms with Crippen LogP contribution < -0.4 is 9.47 Å². The van der Waals surface area contributed by atoms with E-state index in [2.05, 4.69) is 30.9 Å². The van der Waals surface area contributed by atoms with Crippen LogP contribution in [0.25, 0.3) is 10.8 Å². The topological polar surface area (TPSA) is 110 Å². The Morgan fingerprint density at radius 1 is 0.966 bits per heavy atom. The van der Waals surface area contributed by atoms with E-state index < -0.39 is 11.8 Å². The molecule has 6 unspecified atom stereocenters. The molecule has 0 saturated heterocycles. The van der Waals surface area contributed by atoms with Crippen LogP contribution in [0.5, 0.6) is 11.5 Å². The highest BCUT2D eigenvalue weighted by Gasteiger charge is 2.65. The Morgan fingerprint density at radius 2 is 1.73 bits per heavy atom. The van der Waals surface area contributed by atoms with Gasteiger partial charge in [0.2, 0.25) is 5.79 Å². The number of rotatable bonds is 20. The molecule has 1 fully saturated rings. The second kappa shape index (κ2) is 20.1. The Morgan fingerprint density at radius 3 is 2.49 bits per heavy atom. The molecule has 1 heterocycles. The summed E-state index contributed by atoms with van der Waals surface area (Å²) in [5, 5.41) is 26.6. The smallest absolute Gasteiger partial charge is 0.254 e. The zero-order valence-corrected chi connectivity index (χ0v) is 35.2. The number of thioether (sulfide) groups is 1. The number of likely N-dealkylation sites (N-methyl/N-ethyl adjacent to an activating group) is 1. The average molecular weight is 819 g/mol. The second-order valence-electron chi connectivity index (χ2n) is 15.7. The first-order valence-electron chi connectivity index (χ1n) is 21.2. The third-order valence-electron chi connectivity index (χ3n) is 12.1. The summed E-state index contributed by atoms with van der Waals surface area (Å²) in [6.45, 7) is 7.35. The van der Waals surface area contributed by atoms with E-state index in [4.69, 9.17) is 24.2 Å². The molecule has 0 aromatic heterocycles. The van der Waals surface area contributed by atoms with Gasteiger partial charge in [0.25, 0.3) is 5.91 Å². The maximum atomic E-state index is 14.7. The van der Waals surface area contributed by atoms with Crippen LogP contribution in [0.1, 0.15) is 73.7 Å². The highest BCUT2D eigenvalue weighted by molar-refractivity contribution is 7.99. The van der Waals surface area contributed by atoms with Gasteiger partial charge in [0.15, 0.2) is 0 Å². The number of hydrogen-bond acceptors (Lipinski definition) is 9. The van der Waals surface area contributed by atoms with Crippen LogP contribution in [0, 0.1) is 17.8 Å². The Hall–Kier alpha value is -4.61. The number of aliphatic hydroxyl groups is 2. The van der Waals surface area contributed by atoms with Crippen molar-refractivity contribution in [2.75, 3.05) is 45.8 Å². The maximum Gasteiger partial charge on any atom is 0.254 e. The van der Waals surface area contributed by atoms with Crippen molar-refractivity contribution < 1.29 is 34.1 Å². The van der Waals surface area contributed by atoms with Gasteiger partial charge in [-0.25, -0.2) is 0 Å². The number of unbranched alkanes of at least 4 members (excludes halogenated alkanes) is 2. The third-order valence-corrected chi connectivity index (χ3v) is 13.1. The molecule has 0 radical (unpaired) electrons. The number of carbonyl (C=O) groups is 1. The van der Waals surface area contributed by atoms with Gasteiger partial charge < -0.3 is 34.2 Å². The molecule has 1 aliphatic heterocycles. The molecule has 3 aliphatic rings. The maximum absolute atomic E-state index is 14.7. The lowest BCUT2D eigenvalue weighted by molar-refractivity contribution is -0.252. The van der Waals surface area contributed by atoms with Crippen LogP contribution in [0.4, 0.5) is 0 Å². The molecule has 4 aromatic rings. The number of carbonyl (C=O) groups excluding carboxylic acids is 1. The number of nitrogens with zero attached hydrogens (tertiary/aromatic N) is 2. The summed E-state index contributed by atoms with van der Waals surface area (Å²) in [5.74, 6) is 0.567. The van der Waals surface area contributed by atoms with Crippen molar-refractivity contribution in [2.45, 2.75) is 74.5 Å². The summed E-state index contributed by atoms with van der Waals surface area (Å²) < 4.78 is 20.8. The fourth-order valence-electron chi connectivity index (χ4n) is 9.46. The summed E-state index contributed by atoms with van der Waals surface area (Å²) in [6, 6.07) is 29.7. The third kappa shape index (κ3) is 9.26. The second-order valence-corrected chi connectivity index (χ2v) is 16.8. The minimum absolute atomic E-state index is 0.122. The van der Waals surface area contributed by atoms with Gasteiger partial charge >= 0.3 is 0 Å². The average Bonchev–Trinajstić information content (AvgIpc) is 3.27. The molecule has 0 spiro atoms. The Bertz CT molecular complexity index is 2110. The number of fused-ring (bicyclic) bond motifs is 3. The van der Waals surface area contributed by atoms with Crippen molar-refractivity contribution in [2.24, 2.45) is 22.9 Å². The SMILES string of the molecule is C=CCOC12Oc3ccc(OCCSc4ccccc4)cc3C3C(CCCCO)C(CCCCO)C=C(C(=NOCC)CC1N(C)C(=O)c1ccc4ccccc4c1)C32. The van der Waals surface area contributed by atoms with Gasteiger partial charge in [0.1, 0.15) is 24.1 Å². The first kappa shape index (κ1) is 42.5. The van der Waals surface area contributed by atoms with Crippen molar-refractivity contribution in [3.05, 3.63) is 126 Å². The fraction of sp³-hybridized carbons (Fsp3) is 0.429. The number of allylic oxidation sites excluding steroid dienone is 1. The number of ether oxygens (including phenoxy) is 3. The molecule has 2 aliphatic carbocycles. The number of benzene rings is 4. The molecular formula is C49H58N2O7S. The van der Waals surface area contributed by atoms with Crippen LogP contribution in [0.15, 0.2) is 125 Å². The van der Waals surface area contributed by atoms with Crippen LogP contribution >= 0.6 is 11.8 Å². The summed E-state index contributed by atoms with van der Waals surface area (Å²) >= 11 is 1.76. The summed E-state index contributed by atoms with van der Waals surface area (Å²) in [6.07, 6.45) is 9.31. The molecule has 312 valence electrons. The van der Waals surface area contributed by atoms with Crippen molar-refractivity contribution in [1.29, 1.82) is 0 Å². The van der Waals surface area contributed by atoms with E-state index in [1.165, 1.54) is 4.90 Å². The van der Waals surface area contributed by atoms with Crippen LogP contribution in [-0.4, -0.2) is 84.4 Å². The van der Waals surface area contributed by atoms with Crippen LogP contribution in [0.3, 0.4) is 0 Å². The molecular weight excluding hydrogens is 761 g/mol. The van der Waals surface area contributed by atoms with E-state index in [0.29, 0.717) is 43.8 Å². The molecule has 0 bridgehead atoms.